The standard InChI is InChI=1S/C12H17N3O3S/c1-15(2)9-3-8-14-19(17,18)12-6-4-11(5-7-12)13-10-16/h4-7,14H,3,8-9H2,1-2H3. The minimum atomic E-state index is -3.50. The summed E-state index contributed by atoms with van der Waals surface area (Å²) in [6, 6.07) is 5.73. The smallest absolute Gasteiger partial charge is 0.240 e. The van der Waals surface area contributed by atoms with Gasteiger partial charge < -0.3 is 4.90 Å². The zero-order chi connectivity index (χ0) is 14.3. The van der Waals surface area contributed by atoms with E-state index in [2.05, 4.69) is 9.71 Å². The minimum Gasteiger partial charge on any atom is -0.309 e. The van der Waals surface area contributed by atoms with E-state index >= 15 is 0 Å². The predicted octanol–water partition coefficient (Wildman–Crippen LogP) is 0.884. The molecule has 19 heavy (non-hydrogen) atoms. The van der Waals surface area contributed by atoms with Crippen molar-refractivity contribution in [2.45, 2.75) is 11.3 Å². The number of isocyanates is 1. The molecular weight excluding hydrogens is 266 g/mol. The second-order valence-electron chi connectivity index (χ2n) is 4.25. The third-order valence-corrected chi connectivity index (χ3v) is 3.87. The molecule has 0 aliphatic heterocycles. The molecule has 0 bridgehead atoms. The van der Waals surface area contributed by atoms with Crippen molar-refractivity contribution in [1.29, 1.82) is 0 Å². The van der Waals surface area contributed by atoms with E-state index in [-0.39, 0.29) is 4.90 Å². The Labute approximate surface area is 113 Å². The molecule has 7 heteroatoms. The zero-order valence-electron chi connectivity index (χ0n) is 11.0. The molecule has 0 aliphatic rings. The Morgan fingerprint density at radius 3 is 2.42 bits per heavy atom. The Bertz CT molecular complexity index is 546. The summed E-state index contributed by atoms with van der Waals surface area (Å²) in [5.74, 6) is 0. The predicted molar refractivity (Wildman–Crippen MR) is 72.6 cm³/mol. The highest BCUT2D eigenvalue weighted by atomic mass is 32.2. The summed E-state index contributed by atoms with van der Waals surface area (Å²) in [7, 11) is 0.364. The van der Waals surface area contributed by atoms with Crippen molar-refractivity contribution in [3.8, 4) is 0 Å². The van der Waals surface area contributed by atoms with Crippen LogP contribution >= 0.6 is 0 Å². The van der Waals surface area contributed by atoms with Gasteiger partial charge in [-0.3, -0.25) is 0 Å². The second kappa shape index (κ2) is 7.16. The third kappa shape index (κ3) is 5.32. The number of sulfonamides is 1. The minimum absolute atomic E-state index is 0.155. The molecule has 0 fully saturated rings. The van der Waals surface area contributed by atoms with Crippen LogP contribution in [0.5, 0.6) is 0 Å². The molecule has 0 aromatic heterocycles. The lowest BCUT2D eigenvalue weighted by Gasteiger charge is -2.10. The van der Waals surface area contributed by atoms with Crippen LogP contribution in [0.2, 0.25) is 0 Å². The van der Waals surface area contributed by atoms with Crippen LogP contribution in [0, 0.1) is 0 Å². The van der Waals surface area contributed by atoms with Gasteiger partial charge in [-0.25, -0.2) is 17.9 Å². The average Bonchev–Trinajstić information content (AvgIpc) is 2.36. The highest BCUT2D eigenvalue weighted by Gasteiger charge is 2.12. The van der Waals surface area contributed by atoms with Gasteiger partial charge in [-0.15, -0.1) is 0 Å². The van der Waals surface area contributed by atoms with Crippen LogP contribution in [-0.4, -0.2) is 46.6 Å². The number of aliphatic imine (C=N–C) groups is 1. The highest BCUT2D eigenvalue weighted by molar-refractivity contribution is 7.89. The van der Waals surface area contributed by atoms with Crippen molar-refractivity contribution >= 4 is 21.8 Å². The number of nitrogens with zero attached hydrogens (tertiary/aromatic N) is 2. The fourth-order valence-electron chi connectivity index (χ4n) is 1.44. The Kier molecular flexibility index (Phi) is 5.85. The topological polar surface area (TPSA) is 78.8 Å². The Morgan fingerprint density at radius 1 is 1.26 bits per heavy atom. The Balaban J connectivity index is 2.64. The quantitative estimate of drug-likeness (QED) is 0.458. The van der Waals surface area contributed by atoms with Crippen molar-refractivity contribution in [2.24, 2.45) is 4.99 Å². The summed E-state index contributed by atoms with van der Waals surface area (Å²) in [4.78, 5) is 15.6. The first-order valence-electron chi connectivity index (χ1n) is 5.78. The van der Waals surface area contributed by atoms with Crippen molar-refractivity contribution in [2.75, 3.05) is 27.2 Å². The van der Waals surface area contributed by atoms with Crippen LogP contribution in [0.3, 0.4) is 0 Å². The maximum Gasteiger partial charge on any atom is 0.240 e. The van der Waals surface area contributed by atoms with Crippen LogP contribution in [-0.2, 0) is 14.8 Å². The van der Waals surface area contributed by atoms with E-state index in [1.165, 1.54) is 30.3 Å². The Hall–Kier alpha value is -1.53. The van der Waals surface area contributed by atoms with E-state index < -0.39 is 10.0 Å². The maximum atomic E-state index is 11.9. The maximum absolute atomic E-state index is 11.9. The number of hydrogen-bond donors (Lipinski definition) is 1. The van der Waals surface area contributed by atoms with Crippen LogP contribution in [0.1, 0.15) is 6.42 Å². The molecule has 1 N–H and O–H groups in total. The van der Waals surface area contributed by atoms with Gasteiger partial charge in [-0.1, -0.05) is 0 Å². The van der Waals surface area contributed by atoms with Gasteiger partial charge in [0.15, 0.2) is 0 Å². The Morgan fingerprint density at radius 2 is 1.89 bits per heavy atom. The summed E-state index contributed by atoms with van der Waals surface area (Å²) < 4.78 is 26.3. The summed E-state index contributed by atoms with van der Waals surface area (Å²) >= 11 is 0. The van der Waals surface area contributed by atoms with Crippen LogP contribution in [0.15, 0.2) is 34.2 Å². The molecule has 0 heterocycles. The SMILES string of the molecule is CN(C)CCCNS(=O)(=O)c1ccc(N=C=O)cc1. The number of benzene rings is 1. The van der Waals surface area contributed by atoms with Gasteiger partial charge in [-0.2, -0.15) is 4.99 Å². The number of rotatable bonds is 7. The van der Waals surface area contributed by atoms with E-state index in [9.17, 15) is 13.2 Å². The van der Waals surface area contributed by atoms with Crippen LogP contribution in [0.25, 0.3) is 0 Å². The fourth-order valence-corrected chi connectivity index (χ4v) is 2.51. The van der Waals surface area contributed by atoms with Gasteiger partial charge >= 0.3 is 0 Å². The lowest BCUT2D eigenvalue weighted by atomic mass is 10.3. The fraction of sp³-hybridized carbons (Fsp3) is 0.417. The molecular formula is C12H17N3O3S. The zero-order valence-corrected chi connectivity index (χ0v) is 11.8. The van der Waals surface area contributed by atoms with Crippen LogP contribution in [0.4, 0.5) is 5.69 Å². The van der Waals surface area contributed by atoms with Crippen LogP contribution < -0.4 is 4.72 Å². The molecule has 1 aromatic carbocycles. The monoisotopic (exact) mass is 283 g/mol. The van der Waals surface area contributed by atoms with Crippen molar-refractivity contribution in [3.05, 3.63) is 24.3 Å². The number of nitrogens with one attached hydrogen (secondary N) is 1. The van der Waals surface area contributed by atoms with E-state index in [1.54, 1.807) is 0 Å². The van der Waals surface area contributed by atoms with E-state index in [0.29, 0.717) is 12.2 Å². The molecule has 104 valence electrons. The molecule has 1 aromatic rings. The largest absolute Gasteiger partial charge is 0.309 e. The first kappa shape index (κ1) is 15.5. The number of hydrogen-bond acceptors (Lipinski definition) is 5. The number of carbonyl (C=O) groups excluding carboxylic acids is 1. The summed E-state index contributed by atoms with van der Waals surface area (Å²) in [6.07, 6.45) is 2.14. The van der Waals surface area contributed by atoms with Crippen molar-refractivity contribution in [1.82, 2.24) is 9.62 Å². The van der Waals surface area contributed by atoms with Gasteiger partial charge in [0.2, 0.25) is 16.1 Å². The van der Waals surface area contributed by atoms with Gasteiger partial charge in [0.25, 0.3) is 0 Å². The van der Waals surface area contributed by atoms with Gasteiger partial charge in [0, 0.05) is 6.54 Å². The lowest BCUT2D eigenvalue weighted by molar-refractivity contribution is 0.400. The van der Waals surface area contributed by atoms with E-state index in [1.807, 2.05) is 19.0 Å². The molecule has 0 radical (unpaired) electrons. The van der Waals surface area contributed by atoms with E-state index in [4.69, 9.17) is 0 Å². The molecule has 0 saturated carbocycles. The highest BCUT2D eigenvalue weighted by Crippen LogP contribution is 2.15. The normalized spacial score (nSPS) is 11.3. The molecule has 0 amide bonds. The summed E-state index contributed by atoms with van der Waals surface area (Å²) in [5, 5.41) is 0. The third-order valence-electron chi connectivity index (χ3n) is 2.40. The lowest BCUT2D eigenvalue weighted by Crippen LogP contribution is -2.27. The molecule has 1 rings (SSSR count). The first-order valence-corrected chi connectivity index (χ1v) is 7.26. The summed E-state index contributed by atoms with van der Waals surface area (Å²) in [5.41, 5.74) is 0.376. The van der Waals surface area contributed by atoms with Gasteiger partial charge in [0.1, 0.15) is 0 Å². The molecule has 0 atom stereocenters. The average molecular weight is 283 g/mol. The molecule has 6 nitrogen and oxygen atoms in total. The first-order chi connectivity index (χ1) is 8.95. The molecule has 0 saturated heterocycles. The van der Waals surface area contributed by atoms with Crippen molar-refractivity contribution in [3.63, 3.8) is 0 Å². The van der Waals surface area contributed by atoms with E-state index in [0.717, 1.165) is 13.0 Å². The van der Waals surface area contributed by atoms with Gasteiger partial charge in [0.05, 0.1) is 10.6 Å². The summed E-state index contributed by atoms with van der Waals surface area (Å²) in [6.45, 7) is 1.20. The molecule has 0 aliphatic carbocycles. The molecule has 0 unspecified atom stereocenters. The van der Waals surface area contributed by atoms with Crippen molar-refractivity contribution < 1.29 is 13.2 Å². The second-order valence-corrected chi connectivity index (χ2v) is 6.02. The molecule has 0 spiro atoms. The van der Waals surface area contributed by atoms with Gasteiger partial charge in [-0.05, 0) is 51.3 Å².